The van der Waals surface area contributed by atoms with Crippen molar-refractivity contribution in [3.8, 4) is 0 Å². The first-order chi connectivity index (χ1) is 9.74. The summed E-state index contributed by atoms with van der Waals surface area (Å²) in [4.78, 5) is 10.9. The molecule has 106 valence electrons. The minimum absolute atomic E-state index is 0.722. The lowest BCUT2D eigenvalue weighted by Gasteiger charge is -2.23. The monoisotopic (exact) mass is 269 g/mol. The molecule has 0 fully saturated rings. The van der Waals surface area contributed by atoms with Crippen molar-refractivity contribution in [1.29, 1.82) is 0 Å². The first-order valence-corrected chi connectivity index (χ1v) is 7.24. The molecule has 0 unspecified atom stereocenters. The lowest BCUT2D eigenvalue weighted by atomic mass is 10.1. The van der Waals surface area contributed by atoms with Crippen LogP contribution in [0.2, 0.25) is 0 Å². The predicted molar refractivity (Wildman–Crippen MR) is 82.0 cm³/mol. The molecule has 0 aliphatic carbocycles. The van der Waals surface area contributed by atoms with Crippen LogP contribution in [0.1, 0.15) is 31.4 Å². The zero-order chi connectivity index (χ0) is 14.2. The summed E-state index contributed by atoms with van der Waals surface area (Å²) in [6.07, 6.45) is 8.75. The smallest absolute Gasteiger partial charge is 0.0312 e. The van der Waals surface area contributed by atoms with Crippen molar-refractivity contribution in [2.75, 3.05) is 6.54 Å². The number of hydrogen-bond acceptors (Lipinski definition) is 3. The van der Waals surface area contributed by atoms with Gasteiger partial charge >= 0.3 is 0 Å². The molecular formula is C17H23N3. The SMILES string of the molecule is CC(C)CCN(Cc1cccnc1)Cc1cccnc1. The number of nitrogens with zero attached hydrogens (tertiary/aromatic N) is 3. The van der Waals surface area contributed by atoms with Gasteiger partial charge in [0.25, 0.3) is 0 Å². The second-order valence-electron chi connectivity index (χ2n) is 5.62. The quantitative estimate of drug-likeness (QED) is 0.770. The topological polar surface area (TPSA) is 29.0 Å². The third kappa shape index (κ3) is 5.10. The molecule has 0 radical (unpaired) electrons. The maximum absolute atomic E-state index is 4.20. The van der Waals surface area contributed by atoms with Crippen molar-refractivity contribution < 1.29 is 0 Å². The van der Waals surface area contributed by atoms with Gasteiger partial charge in [0, 0.05) is 37.9 Å². The van der Waals surface area contributed by atoms with E-state index >= 15 is 0 Å². The molecule has 0 atom stereocenters. The highest BCUT2D eigenvalue weighted by molar-refractivity contribution is 5.11. The van der Waals surface area contributed by atoms with Gasteiger partial charge in [-0.15, -0.1) is 0 Å². The summed E-state index contributed by atoms with van der Waals surface area (Å²) in [5.74, 6) is 0.722. The van der Waals surface area contributed by atoms with Gasteiger partial charge < -0.3 is 0 Å². The van der Waals surface area contributed by atoms with Crippen LogP contribution < -0.4 is 0 Å². The van der Waals surface area contributed by atoms with Gasteiger partial charge in [0.2, 0.25) is 0 Å². The van der Waals surface area contributed by atoms with Gasteiger partial charge in [-0.2, -0.15) is 0 Å². The Labute approximate surface area is 121 Å². The molecule has 0 amide bonds. The maximum atomic E-state index is 4.20. The lowest BCUT2D eigenvalue weighted by Crippen LogP contribution is -2.25. The van der Waals surface area contributed by atoms with Crippen LogP contribution in [0.4, 0.5) is 0 Å². The van der Waals surface area contributed by atoms with Gasteiger partial charge in [0.15, 0.2) is 0 Å². The first-order valence-electron chi connectivity index (χ1n) is 7.24. The molecule has 0 saturated heterocycles. The number of aromatic nitrogens is 2. The Morgan fingerprint density at radius 1 is 0.950 bits per heavy atom. The lowest BCUT2D eigenvalue weighted by molar-refractivity contribution is 0.240. The van der Waals surface area contributed by atoms with Crippen molar-refractivity contribution in [2.45, 2.75) is 33.4 Å². The van der Waals surface area contributed by atoms with Crippen LogP contribution in [0, 0.1) is 5.92 Å². The summed E-state index contributed by atoms with van der Waals surface area (Å²) >= 11 is 0. The van der Waals surface area contributed by atoms with Gasteiger partial charge in [-0.25, -0.2) is 0 Å². The van der Waals surface area contributed by atoms with Gasteiger partial charge in [-0.1, -0.05) is 26.0 Å². The highest BCUT2D eigenvalue weighted by Crippen LogP contribution is 2.11. The van der Waals surface area contributed by atoms with Crippen molar-refractivity contribution in [3.63, 3.8) is 0 Å². The van der Waals surface area contributed by atoms with E-state index in [1.807, 2.05) is 36.9 Å². The van der Waals surface area contributed by atoms with E-state index in [1.165, 1.54) is 17.5 Å². The van der Waals surface area contributed by atoms with Crippen LogP contribution in [0.25, 0.3) is 0 Å². The van der Waals surface area contributed by atoms with E-state index in [4.69, 9.17) is 0 Å². The molecule has 0 bridgehead atoms. The third-order valence-electron chi connectivity index (χ3n) is 3.28. The van der Waals surface area contributed by atoms with E-state index in [-0.39, 0.29) is 0 Å². The molecule has 0 spiro atoms. The van der Waals surface area contributed by atoms with E-state index in [0.29, 0.717) is 0 Å². The minimum Gasteiger partial charge on any atom is -0.295 e. The molecule has 0 saturated carbocycles. The first kappa shape index (κ1) is 14.7. The average Bonchev–Trinajstić information content (AvgIpc) is 2.47. The zero-order valence-corrected chi connectivity index (χ0v) is 12.4. The summed E-state index contributed by atoms with van der Waals surface area (Å²) in [6, 6.07) is 8.28. The van der Waals surface area contributed by atoms with Crippen LogP contribution >= 0.6 is 0 Å². The Morgan fingerprint density at radius 2 is 1.50 bits per heavy atom. The van der Waals surface area contributed by atoms with E-state index < -0.39 is 0 Å². The fourth-order valence-corrected chi connectivity index (χ4v) is 2.15. The second kappa shape index (κ2) is 7.75. The normalized spacial score (nSPS) is 11.2. The Morgan fingerprint density at radius 3 is 1.90 bits per heavy atom. The molecule has 0 aliphatic rings. The summed E-state index contributed by atoms with van der Waals surface area (Å²) < 4.78 is 0. The maximum Gasteiger partial charge on any atom is 0.0312 e. The Kier molecular flexibility index (Phi) is 5.69. The van der Waals surface area contributed by atoms with Crippen LogP contribution in [0.3, 0.4) is 0 Å². The van der Waals surface area contributed by atoms with Gasteiger partial charge in [-0.3, -0.25) is 14.9 Å². The van der Waals surface area contributed by atoms with E-state index in [1.54, 1.807) is 0 Å². The predicted octanol–water partition coefficient (Wildman–Crippen LogP) is 3.52. The summed E-state index contributed by atoms with van der Waals surface area (Å²) in [5, 5.41) is 0. The highest BCUT2D eigenvalue weighted by Gasteiger charge is 2.08. The molecule has 0 N–H and O–H groups in total. The molecule has 0 aliphatic heterocycles. The molecule has 3 heteroatoms. The van der Waals surface area contributed by atoms with Gasteiger partial charge in [0.1, 0.15) is 0 Å². The van der Waals surface area contributed by atoms with Crippen molar-refractivity contribution in [3.05, 3.63) is 60.2 Å². The Bertz CT molecular complexity index is 441. The third-order valence-corrected chi connectivity index (χ3v) is 3.28. The van der Waals surface area contributed by atoms with Crippen LogP contribution in [0.5, 0.6) is 0 Å². The van der Waals surface area contributed by atoms with Gasteiger partial charge in [-0.05, 0) is 42.1 Å². The fraction of sp³-hybridized carbons (Fsp3) is 0.412. The van der Waals surface area contributed by atoms with Crippen LogP contribution in [-0.4, -0.2) is 21.4 Å². The molecule has 3 nitrogen and oxygen atoms in total. The molecular weight excluding hydrogens is 246 g/mol. The number of pyridine rings is 2. The summed E-state index contributed by atoms with van der Waals surface area (Å²) in [5.41, 5.74) is 2.53. The average molecular weight is 269 g/mol. The van der Waals surface area contributed by atoms with Crippen molar-refractivity contribution >= 4 is 0 Å². The van der Waals surface area contributed by atoms with Gasteiger partial charge in [0.05, 0.1) is 0 Å². The fourth-order valence-electron chi connectivity index (χ4n) is 2.15. The largest absolute Gasteiger partial charge is 0.295 e. The zero-order valence-electron chi connectivity index (χ0n) is 12.4. The standard InChI is InChI=1S/C17H23N3/c1-15(2)7-10-20(13-16-5-3-8-18-11-16)14-17-6-4-9-19-12-17/h3-6,8-9,11-12,15H,7,10,13-14H2,1-2H3. The highest BCUT2D eigenvalue weighted by atomic mass is 15.1. The second-order valence-corrected chi connectivity index (χ2v) is 5.62. The number of hydrogen-bond donors (Lipinski definition) is 0. The van der Waals surface area contributed by atoms with E-state index in [0.717, 1.165) is 25.6 Å². The summed E-state index contributed by atoms with van der Waals surface area (Å²) in [7, 11) is 0. The summed E-state index contributed by atoms with van der Waals surface area (Å²) in [6.45, 7) is 7.52. The van der Waals surface area contributed by atoms with Crippen molar-refractivity contribution in [2.24, 2.45) is 5.92 Å². The molecule has 2 aromatic rings. The number of rotatable bonds is 7. The Hall–Kier alpha value is -1.74. The molecule has 2 heterocycles. The van der Waals surface area contributed by atoms with Crippen molar-refractivity contribution in [1.82, 2.24) is 14.9 Å². The molecule has 0 aromatic carbocycles. The van der Waals surface area contributed by atoms with Crippen LogP contribution in [0.15, 0.2) is 49.1 Å². The minimum atomic E-state index is 0.722. The van der Waals surface area contributed by atoms with Crippen LogP contribution in [-0.2, 0) is 13.1 Å². The molecule has 20 heavy (non-hydrogen) atoms. The molecule has 2 aromatic heterocycles. The van der Waals surface area contributed by atoms with E-state index in [2.05, 4.69) is 40.8 Å². The molecule has 2 rings (SSSR count). The van der Waals surface area contributed by atoms with E-state index in [9.17, 15) is 0 Å². The Balaban J connectivity index is 2.00.